The van der Waals surface area contributed by atoms with Gasteiger partial charge in [0.15, 0.2) is 0 Å². The molecule has 9 heteroatoms. The molecule has 0 bridgehead atoms. The summed E-state index contributed by atoms with van der Waals surface area (Å²) in [4.78, 5) is 27.0. The third kappa shape index (κ3) is 4.15. The van der Waals surface area contributed by atoms with Gasteiger partial charge in [-0.15, -0.1) is 11.8 Å². The maximum absolute atomic E-state index is 12.8. The van der Waals surface area contributed by atoms with Gasteiger partial charge in [-0.25, -0.2) is 0 Å². The highest BCUT2D eigenvalue weighted by Gasteiger charge is 2.35. The van der Waals surface area contributed by atoms with E-state index in [1.807, 2.05) is 13.8 Å². The number of ether oxygens (including phenoxy) is 1. The SMILES string of the molecule is C[C@@H]1CN(C(=O)C[C@@H]2Sc3ccc(C(F)(F)F)cc3NC2=O)C[C@H](C)O1. The standard InChI is InChI=1S/C17H19F3N2O3S/c1-9-7-22(8-10(2)25-9)15(23)6-14-16(24)21-12-5-11(17(18,19)20)3-4-13(12)26-14/h3-5,9-10,14H,6-8H2,1-2H3,(H,21,24)/t9-,10+,14-/m0/s1. The van der Waals surface area contributed by atoms with E-state index in [9.17, 15) is 22.8 Å². The van der Waals surface area contributed by atoms with Crippen molar-refractivity contribution in [1.82, 2.24) is 4.90 Å². The zero-order valence-corrected chi connectivity index (χ0v) is 15.1. The molecule has 2 aliphatic heterocycles. The minimum absolute atomic E-state index is 0.00357. The predicted octanol–water partition coefficient (Wildman–Crippen LogP) is 3.14. The summed E-state index contributed by atoms with van der Waals surface area (Å²) in [6, 6.07) is 3.23. The number of nitrogens with zero attached hydrogens (tertiary/aromatic N) is 1. The van der Waals surface area contributed by atoms with Gasteiger partial charge < -0.3 is 15.0 Å². The van der Waals surface area contributed by atoms with E-state index in [1.165, 1.54) is 6.07 Å². The van der Waals surface area contributed by atoms with E-state index in [0.717, 1.165) is 23.9 Å². The Bertz CT molecular complexity index is 716. The van der Waals surface area contributed by atoms with Gasteiger partial charge in [0.1, 0.15) is 0 Å². The predicted molar refractivity (Wildman–Crippen MR) is 90.9 cm³/mol. The van der Waals surface area contributed by atoms with Crippen LogP contribution in [-0.4, -0.2) is 47.3 Å². The second-order valence-electron chi connectivity index (χ2n) is 6.56. The second kappa shape index (κ2) is 7.11. The maximum Gasteiger partial charge on any atom is 0.416 e. The lowest BCUT2D eigenvalue weighted by Crippen LogP contribution is -2.49. The third-order valence-corrected chi connectivity index (χ3v) is 5.53. The highest BCUT2D eigenvalue weighted by Crippen LogP contribution is 2.40. The van der Waals surface area contributed by atoms with E-state index in [1.54, 1.807) is 4.90 Å². The topological polar surface area (TPSA) is 58.6 Å². The van der Waals surface area contributed by atoms with Crippen LogP contribution < -0.4 is 5.32 Å². The number of amides is 2. The number of anilines is 1. The van der Waals surface area contributed by atoms with Crippen molar-refractivity contribution in [3.8, 4) is 0 Å². The summed E-state index contributed by atoms with van der Waals surface area (Å²) in [5.74, 6) is -0.612. The summed E-state index contributed by atoms with van der Waals surface area (Å²) in [5, 5.41) is 1.83. The lowest BCUT2D eigenvalue weighted by Gasteiger charge is -2.36. The zero-order valence-electron chi connectivity index (χ0n) is 14.3. The molecule has 2 aliphatic rings. The number of nitrogens with one attached hydrogen (secondary N) is 1. The van der Waals surface area contributed by atoms with Crippen molar-refractivity contribution in [1.29, 1.82) is 0 Å². The molecule has 5 nitrogen and oxygen atoms in total. The molecule has 0 aromatic heterocycles. The Kier molecular flexibility index (Phi) is 5.21. The fourth-order valence-electron chi connectivity index (χ4n) is 3.13. The Balaban J connectivity index is 1.69. The van der Waals surface area contributed by atoms with Crippen molar-refractivity contribution >= 4 is 29.3 Å². The van der Waals surface area contributed by atoms with Gasteiger partial charge in [0.25, 0.3) is 0 Å². The number of halogens is 3. The van der Waals surface area contributed by atoms with Crippen molar-refractivity contribution in [3.05, 3.63) is 23.8 Å². The molecule has 3 atom stereocenters. The number of fused-ring (bicyclic) bond motifs is 1. The number of carbonyl (C=O) groups is 2. The smallest absolute Gasteiger partial charge is 0.372 e. The monoisotopic (exact) mass is 388 g/mol. The molecule has 0 spiro atoms. The van der Waals surface area contributed by atoms with E-state index in [-0.39, 0.29) is 30.2 Å². The molecule has 26 heavy (non-hydrogen) atoms. The Morgan fingerprint density at radius 1 is 1.31 bits per heavy atom. The normalized spacial score (nSPS) is 26.3. The van der Waals surface area contributed by atoms with E-state index in [4.69, 9.17) is 4.74 Å². The first kappa shape index (κ1) is 19.0. The Hall–Kier alpha value is -1.74. The summed E-state index contributed by atoms with van der Waals surface area (Å²) < 4.78 is 44.0. The van der Waals surface area contributed by atoms with Crippen molar-refractivity contribution < 1.29 is 27.5 Å². The van der Waals surface area contributed by atoms with Crippen LogP contribution in [0.4, 0.5) is 18.9 Å². The van der Waals surface area contributed by atoms with Gasteiger partial charge in [0.2, 0.25) is 11.8 Å². The van der Waals surface area contributed by atoms with E-state index >= 15 is 0 Å². The molecule has 2 heterocycles. The van der Waals surface area contributed by atoms with E-state index in [0.29, 0.717) is 18.0 Å². The number of thioether (sulfide) groups is 1. The summed E-state index contributed by atoms with van der Waals surface area (Å²) in [5.41, 5.74) is -0.685. The van der Waals surface area contributed by atoms with Crippen molar-refractivity contribution in [2.75, 3.05) is 18.4 Å². The minimum Gasteiger partial charge on any atom is -0.372 e. The van der Waals surface area contributed by atoms with Crippen molar-refractivity contribution in [3.63, 3.8) is 0 Å². The molecule has 1 saturated heterocycles. The first-order chi connectivity index (χ1) is 12.1. The number of alkyl halides is 3. The molecule has 1 fully saturated rings. The van der Waals surface area contributed by atoms with Crippen LogP contribution in [0.25, 0.3) is 0 Å². The highest BCUT2D eigenvalue weighted by molar-refractivity contribution is 8.01. The summed E-state index contributed by atoms with van der Waals surface area (Å²) in [7, 11) is 0. The lowest BCUT2D eigenvalue weighted by molar-refractivity contribution is -0.143. The van der Waals surface area contributed by atoms with Gasteiger partial charge in [-0.3, -0.25) is 9.59 Å². The summed E-state index contributed by atoms with van der Waals surface area (Å²) >= 11 is 1.12. The van der Waals surface area contributed by atoms with Gasteiger partial charge in [-0.05, 0) is 32.0 Å². The number of benzene rings is 1. The summed E-state index contributed by atoms with van der Waals surface area (Å²) in [6.07, 6.45) is -4.62. The zero-order chi connectivity index (χ0) is 19.1. The number of hydrogen-bond acceptors (Lipinski definition) is 4. The molecule has 142 valence electrons. The number of rotatable bonds is 2. The van der Waals surface area contributed by atoms with Gasteiger partial charge in [-0.2, -0.15) is 13.2 Å². The average molecular weight is 388 g/mol. The van der Waals surface area contributed by atoms with Gasteiger partial charge in [-0.1, -0.05) is 0 Å². The third-order valence-electron chi connectivity index (χ3n) is 4.26. The molecule has 3 rings (SSSR count). The lowest BCUT2D eigenvalue weighted by atomic mass is 10.1. The largest absolute Gasteiger partial charge is 0.416 e. The second-order valence-corrected chi connectivity index (χ2v) is 7.81. The number of morpholine rings is 1. The molecule has 1 N–H and O–H groups in total. The maximum atomic E-state index is 12.8. The quantitative estimate of drug-likeness (QED) is 0.846. The van der Waals surface area contributed by atoms with Gasteiger partial charge >= 0.3 is 6.18 Å². The first-order valence-corrected chi connectivity index (χ1v) is 9.13. The van der Waals surface area contributed by atoms with Crippen LogP contribution in [0.3, 0.4) is 0 Å². The van der Waals surface area contributed by atoms with Crippen LogP contribution in [0.15, 0.2) is 23.1 Å². The van der Waals surface area contributed by atoms with Crippen LogP contribution in [0.2, 0.25) is 0 Å². The van der Waals surface area contributed by atoms with Crippen molar-refractivity contribution in [2.45, 2.75) is 48.8 Å². The molecule has 1 aromatic rings. The van der Waals surface area contributed by atoms with Crippen LogP contribution in [0.5, 0.6) is 0 Å². The molecule has 0 radical (unpaired) electrons. The van der Waals surface area contributed by atoms with Crippen LogP contribution >= 0.6 is 11.8 Å². The minimum atomic E-state index is -4.47. The first-order valence-electron chi connectivity index (χ1n) is 8.25. The van der Waals surface area contributed by atoms with Crippen molar-refractivity contribution in [2.24, 2.45) is 0 Å². The molecular formula is C17H19F3N2O3S. The molecule has 0 saturated carbocycles. The van der Waals surface area contributed by atoms with Gasteiger partial charge in [0.05, 0.1) is 28.7 Å². The van der Waals surface area contributed by atoms with Gasteiger partial charge in [0, 0.05) is 24.4 Å². The molecule has 1 aromatic carbocycles. The van der Waals surface area contributed by atoms with Crippen LogP contribution in [0, 0.1) is 0 Å². The van der Waals surface area contributed by atoms with E-state index in [2.05, 4.69) is 5.32 Å². The fourth-order valence-corrected chi connectivity index (χ4v) is 4.21. The van der Waals surface area contributed by atoms with E-state index < -0.39 is 22.9 Å². The molecular weight excluding hydrogens is 369 g/mol. The number of hydrogen-bond donors (Lipinski definition) is 1. The Morgan fingerprint density at radius 2 is 1.96 bits per heavy atom. The van der Waals surface area contributed by atoms with Crippen LogP contribution in [0.1, 0.15) is 25.8 Å². The Morgan fingerprint density at radius 3 is 2.58 bits per heavy atom. The number of carbonyl (C=O) groups excluding carboxylic acids is 2. The molecule has 2 amide bonds. The summed E-state index contributed by atoms with van der Waals surface area (Å²) in [6.45, 7) is 4.69. The molecule has 0 aliphatic carbocycles. The Labute approximate surface area is 153 Å². The highest BCUT2D eigenvalue weighted by atomic mass is 32.2. The average Bonchev–Trinajstić information content (AvgIpc) is 2.53. The fraction of sp³-hybridized carbons (Fsp3) is 0.529. The molecule has 0 unspecified atom stereocenters. The van der Waals surface area contributed by atoms with Crippen LogP contribution in [-0.2, 0) is 20.5 Å².